The molecule has 0 radical (unpaired) electrons. The largest absolute Gasteiger partial charge is 0.453 e. The number of anilines is 1. The van der Waals surface area contributed by atoms with Crippen LogP contribution in [0.2, 0.25) is 0 Å². The number of halogens is 1. The molecule has 0 aromatic heterocycles. The van der Waals surface area contributed by atoms with Crippen molar-refractivity contribution in [2.45, 2.75) is 12.5 Å². The SMILES string of the molecule is COC(=O)N1CCC(Nc2cc(Br)ccc2[N+](=O)[O-])C1. The van der Waals surface area contributed by atoms with Gasteiger partial charge in [-0.2, -0.15) is 0 Å². The van der Waals surface area contributed by atoms with Crippen molar-refractivity contribution < 1.29 is 14.5 Å². The van der Waals surface area contributed by atoms with E-state index in [1.165, 1.54) is 13.2 Å². The molecule has 20 heavy (non-hydrogen) atoms. The van der Waals surface area contributed by atoms with Gasteiger partial charge in [0.1, 0.15) is 5.69 Å². The van der Waals surface area contributed by atoms with E-state index < -0.39 is 4.92 Å². The van der Waals surface area contributed by atoms with Crippen molar-refractivity contribution in [1.29, 1.82) is 0 Å². The van der Waals surface area contributed by atoms with Gasteiger partial charge in [-0.15, -0.1) is 0 Å². The molecule has 1 atom stereocenters. The zero-order valence-corrected chi connectivity index (χ0v) is 12.4. The smallest absolute Gasteiger partial charge is 0.409 e. The van der Waals surface area contributed by atoms with E-state index in [4.69, 9.17) is 0 Å². The van der Waals surface area contributed by atoms with Crippen molar-refractivity contribution in [3.05, 3.63) is 32.8 Å². The van der Waals surface area contributed by atoms with E-state index >= 15 is 0 Å². The van der Waals surface area contributed by atoms with Crippen LogP contribution in [0.4, 0.5) is 16.2 Å². The van der Waals surface area contributed by atoms with Crippen LogP contribution in [0.25, 0.3) is 0 Å². The number of rotatable bonds is 3. The second-order valence-electron chi connectivity index (χ2n) is 4.46. The number of amides is 1. The first-order valence-corrected chi connectivity index (χ1v) is 6.84. The number of carbonyl (C=O) groups is 1. The van der Waals surface area contributed by atoms with Gasteiger partial charge in [0.2, 0.25) is 0 Å². The number of methoxy groups -OCH3 is 1. The molecular formula is C12H14BrN3O4. The van der Waals surface area contributed by atoms with Crippen molar-refractivity contribution in [3.63, 3.8) is 0 Å². The maximum atomic E-state index is 11.4. The van der Waals surface area contributed by atoms with Gasteiger partial charge in [-0.05, 0) is 18.6 Å². The standard InChI is InChI=1S/C12H14BrN3O4/c1-20-12(17)15-5-4-9(7-15)14-10-6-8(13)2-3-11(10)16(18)19/h2-3,6,9,14H,4-5,7H2,1H3. The van der Waals surface area contributed by atoms with E-state index in [2.05, 4.69) is 26.0 Å². The molecule has 1 aliphatic rings. The van der Waals surface area contributed by atoms with Crippen LogP contribution in [-0.4, -0.2) is 42.2 Å². The van der Waals surface area contributed by atoms with E-state index in [9.17, 15) is 14.9 Å². The molecule has 108 valence electrons. The highest BCUT2D eigenvalue weighted by Gasteiger charge is 2.28. The molecule has 2 rings (SSSR count). The molecule has 1 N–H and O–H groups in total. The Morgan fingerprint density at radius 3 is 3.00 bits per heavy atom. The van der Waals surface area contributed by atoms with Gasteiger partial charge in [0.15, 0.2) is 0 Å². The number of likely N-dealkylation sites (tertiary alicyclic amines) is 1. The first-order valence-electron chi connectivity index (χ1n) is 6.04. The van der Waals surface area contributed by atoms with Crippen molar-refractivity contribution in [1.82, 2.24) is 4.90 Å². The van der Waals surface area contributed by atoms with E-state index in [1.54, 1.807) is 17.0 Å². The van der Waals surface area contributed by atoms with E-state index in [0.717, 1.165) is 10.9 Å². The summed E-state index contributed by atoms with van der Waals surface area (Å²) >= 11 is 3.29. The molecule has 8 heteroatoms. The second kappa shape index (κ2) is 6.08. The molecule has 0 saturated carbocycles. The zero-order chi connectivity index (χ0) is 14.7. The molecule has 1 unspecified atom stereocenters. The summed E-state index contributed by atoms with van der Waals surface area (Å²) in [7, 11) is 1.34. The lowest BCUT2D eigenvalue weighted by atomic mass is 10.2. The highest BCUT2D eigenvalue weighted by molar-refractivity contribution is 9.10. The molecular weight excluding hydrogens is 330 g/mol. The minimum Gasteiger partial charge on any atom is -0.453 e. The maximum absolute atomic E-state index is 11.4. The predicted molar refractivity (Wildman–Crippen MR) is 76.8 cm³/mol. The Balaban J connectivity index is 2.09. The first kappa shape index (κ1) is 14.6. The number of hydrogen-bond donors (Lipinski definition) is 1. The zero-order valence-electron chi connectivity index (χ0n) is 10.8. The maximum Gasteiger partial charge on any atom is 0.409 e. The fraction of sp³-hybridized carbons (Fsp3) is 0.417. The van der Waals surface area contributed by atoms with E-state index in [1.807, 2.05) is 0 Å². The number of benzene rings is 1. The topological polar surface area (TPSA) is 84.7 Å². The normalized spacial score (nSPS) is 17.9. The van der Waals surface area contributed by atoms with Gasteiger partial charge >= 0.3 is 6.09 Å². The molecule has 1 fully saturated rings. The molecule has 7 nitrogen and oxygen atoms in total. The van der Waals surface area contributed by atoms with Crippen molar-refractivity contribution >= 4 is 33.4 Å². The molecule has 1 saturated heterocycles. The molecule has 0 aliphatic carbocycles. The summed E-state index contributed by atoms with van der Waals surface area (Å²) in [6, 6.07) is 4.71. The predicted octanol–water partition coefficient (Wildman–Crippen LogP) is 2.61. The molecule has 1 aromatic carbocycles. The Kier molecular flexibility index (Phi) is 4.43. The van der Waals surface area contributed by atoms with E-state index in [0.29, 0.717) is 18.8 Å². The fourth-order valence-corrected chi connectivity index (χ4v) is 2.54. The Hall–Kier alpha value is -1.83. The monoisotopic (exact) mass is 343 g/mol. The van der Waals surface area contributed by atoms with Crippen molar-refractivity contribution in [3.8, 4) is 0 Å². The second-order valence-corrected chi connectivity index (χ2v) is 5.38. The van der Waals surface area contributed by atoms with Crippen LogP contribution in [0.5, 0.6) is 0 Å². The molecule has 1 heterocycles. The average Bonchev–Trinajstić information content (AvgIpc) is 2.86. The van der Waals surface area contributed by atoms with Gasteiger partial charge in [0, 0.05) is 29.7 Å². The van der Waals surface area contributed by atoms with E-state index in [-0.39, 0.29) is 17.8 Å². The molecule has 0 spiro atoms. The van der Waals surface area contributed by atoms with Crippen LogP contribution in [0, 0.1) is 10.1 Å². The first-order chi connectivity index (χ1) is 9.51. The summed E-state index contributed by atoms with van der Waals surface area (Å²) < 4.78 is 5.42. The fourth-order valence-electron chi connectivity index (χ4n) is 2.18. The van der Waals surface area contributed by atoms with Crippen LogP contribution < -0.4 is 5.32 Å². The molecule has 1 aromatic rings. The summed E-state index contributed by atoms with van der Waals surface area (Å²) in [4.78, 5) is 23.5. The van der Waals surface area contributed by atoms with Gasteiger partial charge in [0.25, 0.3) is 5.69 Å². The summed E-state index contributed by atoms with van der Waals surface area (Å²) in [5.41, 5.74) is 0.464. The van der Waals surface area contributed by atoms with Gasteiger partial charge in [-0.25, -0.2) is 4.79 Å². The van der Waals surface area contributed by atoms with Crippen LogP contribution in [0.1, 0.15) is 6.42 Å². The van der Waals surface area contributed by atoms with Crippen LogP contribution in [0.15, 0.2) is 22.7 Å². The van der Waals surface area contributed by atoms with Gasteiger partial charge < -0.3 is 15.0 Å². The lowest BCUT2D eigenvalue weighted by molar-refractivity contribution is -0.384. The Labute approximate surface area is 124 Å². The number of carbonyl (C=O) groups excluding carboxylic acids is 1. The third-order valence-electron chi connectivity index (χ3n) is 3.14. The number of nitrogens with zero attached hydrogens (tertiary/aromatic N) is 2. The Bertz CT molecular complexity index is 537. The summed E-state index contributed by atoms with van der Waals surface area (Å²) in [6.07, 6.45) is 0.344. The van der Waals surface area contributed by atoms with Gasteiger partial charge in [0.05, 0.1) is 12.0 Å². The van der Waals surface area contributed by atoms with Crippen LogP contribution in [-0.2, 0) is 4.74 Å². The minimum atomic E-state index is -0.429. The quantitative estimate of drug-likeness (QED) is 0.673. The summed E-state index contributed by atoms with van der Waals surface area (Å²) in [5, 5.41) is 14.1. The third kappa shape index (κ3) is 3.19. The number of nitrogens with one attached hydrogen (secondary N) is 1. The lowest BCUT2D eigenvalue weighted by Gasteiger charge is -2.16. The van der Waals surface area contributed by atoms with Gasteiger partial charge in [-0.3, -0.25) is 10.1 Å². The van der Waals surface area contributed by atoms with Crippen LogP contribution in [0.3, 0.4) is 0 Å². The van der Waals surface area contributed by atoms with Crippen molar-refractivity contribution in [2.75, 3.05) is 25.5 Å². The summed E-state index contributed by atoms with van der Waals surface area (Å²) in [6.45, 7) is 1.04. The highest BCUT2D eigenvalue weighted by Crippen LogP contribution is 2.29. The minimum absolute atomic E-state index is 0.0183. The van der Waals surface area contributed by atoms with Crippen LogP contribution >= 0.6 is 15.9 Å². The van der Waals surface area contributed by atoms with Crippen molar-refractivity contribution in [2.24, 2.45) is 0 Å². The number of ether oxygens (including phenoxy) is 1. The summed E-state index contributed by atoms with van der Waals surface area (Å²) in [5.74, 6) is 0. The Morgan fingerprint density at radius 2 is 2.35 bits per heavy atom. The lowest BCUT2D eigenvalue weighted by Crippen LogP contribution is -2.31. The highest BCUT2D eigenvalue weighted by atomic mass is 79.9. The number of nitro groups is 1. The molecule has 1 aliphatic heterocycles. The Morgan fingerprint density at radius 1 is 1.60 bits per heavy atom. The number of hydrogen-bond acceptors (Lipinski definition) is 5. The third-order valence-corrected chi connectivity index (χ3v) is 3.63. The number of nitro benzene ring substituents is 1. The average molecular weight is 344 g/mol. The van der Waals surface area contributed by atoms with Gasteiger partial charge in [-0.1, -0.05) is 15.9 Å². The molecule has 1 amide bonds. The molecule has 0 bridgehead atoms.